The van der Waals surface area contributed by atoms with Crippen LogP contribution in [0.2, 0.25) is 0 Å². The molecule has 0 atom stereocenters. The molecule has 0 radical (unpaired) electrons. The minimum atomic E-state index is -0.207. The van der Waals surface area contributed by atoms with Crippen molar-refractivity contribution in [3.63, 3.8) is 0 Å². The molecular weight excluding hydrogens is 292 g/mol. The summed E-state index contributed by atoms with van der Waals surface area (Å²) in [6.07, 6.45) is 1.49. The third kappa shape index (κ3) is 3.19. The van der Waals surface area contributed by atoms with Gasteiger partial charge in [0.25, 0.3) is 0 Å². The predicted molar refractivity (Wildman–Crippen MR) is 76.8 cm³/mol. The minimum Gasteiger partial charge on any atom is -0.325 e. The molecule has 0 unspecified atom stereocenters. The highest BCUT2D eigenvalue weighted by atomic mass is 32.2. The molecule has 9 heteroatoms. The van der Waals surface area contributed by atoms with Crippen LogP contribution in [-0.4, -0.2) is 55.1 Å². The maximum absolute atomic E-state index is 11.9. The van der Waals surface area contributed by atoms with Gasteiger partial charge in [0.2, 0.25) is 11.8 Å². The van der Waals surface area contributed by atoms with Crippen molar-refractivity contribution in [1.29, 1.82) is 0 Å². The lowest BCUT2D eigenvalue weighted by molar-refractivity contribution is -0.130. The standard InChI is InChI=1S/C12H12N6O2S/c19-11(5-17-8-21-6-12(17)20)14-9-1-3-10(4-2-9)18-7-13-15-16-18/h1-4,7H,5-6,8H2,(H,14,19). The van der Waals surface area contributed by atoms with E-state index in [0.717, 1.165) is 5.69 Å². The number of nitrogens with one attached hydrogen (secondary N) is 1. The number of carbonyl (C=O) groups is 2. The van der Waals surface area contributed by atoms with E-state index in [4.69, 9.17) is 0 Å². The van der Waals surface area contributed by atoms with E-state index < -0.39 is 0 Å². The van der Waals surface area contributed by atoms with E-state index >= 15 is 0 Å². The highest BCUT2D eigenvalue weighted by Crippen LogP contribution is 2.15. The van der Waals surface area contributed by atoms with Gasteiger partial charge in [-0.25, -0.2) is 4.68 Å². The Kier molecular flexibility index (Phi) is 3.82. The second kappa shape index (κ2) is 5.92. The molecule has 1 aliphatic heterocycles. The molecule has 1 aromatic heterocycles. The fourth-order valence-corrected chi connectivity index (χ4v) is 2.80. The van der Waals surface area contributed by atoms with Gasteiger partial charge in [0, 0.05) is 5.69 Å². The van der Waals surface area contributed by atoms with Crippen LogP contribution < -0.4 is 5.32 Å². The van der Waals surface area contributed by atoms with Crippen LogP contribution in [0.5, 0.6) is 0 Å². The summed E-state index contributed by atoms with van der Waals surface area (Å²) >= 11 is 1.51. The van der Waals surface area contributed by atoms with Gasteiger partial charge < -0.3 is 10.2 Å². The van der Waals surface area contributed by atoms with Crippen LogP contribution in [-0.2, 0) is 9.59 Å². The van der Waals surface area contributed by atoms with E-state index in [9.17, 15) is 9.59 Å². The Bertz CT molecular complexity index is 642. The zero-order chi connectivity index (χ0) is 14.7. The van der Waals surface area contributed by atoms with Crippen LogP contribution in [0.1, 0.15) is 0 Å². The summed E-state index contributed by atoms with van der Waals surface area (Å²) in [5, 5.41) is 13.6. The lowest BCUT2D eigenvalue weighted by atomic mass is 10.3. The summed E-state index contributed by atoms with van der Waals surface area (Å²) < 4.78 is 1.52. The fraction of sp³-hybridized carbons (Fsp3) is 0.250. The Morgan fingerprint density at radius 1 is 1.33 bits per heavy atom. The predicted octanol–water partition coefficient (Wildman–Crippen LogP) is 0.134. The molecule has 0 saturated carbocycles. The summed E-state index contributed by atoms with van der Waals surface area (Å²) in [5.41, 5.74) is 1.46. The van der Waals surface area contributed by atoms with Gasteiger partial charge in [-0.3, -0.25) is 9.59 Å². The second-order valence-electron chi connectivity index (χ2n) is 4.42. The Balaban J connectivity index is 1.60. The number of aromatic nitrogens is 4. The third-order valence-electron chi connectivity index (χ3n) is 2.92. The van der Waals surface area contributed by atoms with Crippen molar-refractivity contribution in [3.8, 4) is 5.69 Å². The smallest absolute Gasteiger partial charge is 0.244 e. The van der Waals surface area contributed by atoms with Crippen LogP contribution in [0.15, 0.2) is 30.6 Å². The van der Waals surface area contributed by atoms with Gasteiger partial charge in [0.05, 0.1) is 17.3 Å². The van der Waals surface area contributed by atoms with E-state index in [0.29, 0.717) is 17.3 Å². The molecule has 0 aliphatic carbocycles. The summed E-state index contributed by atoms with van der Waals surface area (Å²) in [6.45, 7) is 0.0839. The number of benzene rings is 1. The molecule has 1 saturated heterocycles. The van der Waals surface area contributed by atoms with E-state index in [1.54, 1.807) is 24.3 Å². The van der Waals surface area contributed by atoms with E-state index in [1.807, 2.05) is 0 Å². The fourth-order valence-electron chi connectivity index (χ4n) is 1.89. The van der Waals surface area contributed by atoms with Crippen molar-refractivity contribution in [2.24, 2.45) is 0 Å². The maximum Gasteiger partial charge on any atom is 0.244 e. The van der Waals surface area contributed by atoms with Crippen LogP contribution in [0.25, 0.3) is 5.69 Å². The Labute approximate surface area is 124 Å². The van der Waals surface area contributed by atoms with Crippen molar-refractivity contribution in [1.82, 2.24) is 25.1 Å². The summed E-state index contributed by atoms with van der Waals surface area (Å²) in [5.74, 6) is 0.823. The highest BCUT2D eigenvalue weighted by molar-refractivity contribution is 8.00. The van der Waals surface area contributed by atoms with Crippen LogP contribution >= 0.6 is 11.8 Å². The average molecular weight is 304 g/mol. The largest absolute Gasteiger partial charge is 0.325 e. The lowest BCUT2D eigenvalue weighted by Crippen LogP contribution is -2.34. The monoisotopic (exact) mass is 304 g/mol. The van der Waals surface area contributed by atoms with Gasteiger partial charge in [-0.15, -0.1) is 16.9 Å². The van der Waals surface area contributed by atoms with Crippen molar-refractivity contribution < 1.29 is 9.59 Å². The van der Waals surface area contributed by atoms with E-state index in [2.05, 4.69) is 20.8 Å². The first-order valence-corrected chi connectivity index (χ1v) is 7.36. The lowest BCUT2D eigenvalue weighted by Gasteiger charge is -2.14. The minimum absolute atomic E-state index is 0.00387. The maximum atomic E-state index is 11.9. The number of thioether (sulfide) groups is 1. The molecule has 2 aromatic rings. The molecule has 21 heavy (non-hydrogen) atoms. The number of amides is 2. The number of carbonyl (C=O) groups excluding carboxylic acids is 2. The SMILES string of the molecule is O=C(CN1CSCC1=O)Nc1ccc(-n2cnnn2)cc1. The summed E-state index contributed by atoms with van der Waals surface area (Å²) in [6, 6.07) is 7.11. The Hall–Kier alpha value is -2.42. The van der Waals surface area contributed by atoms with Crippen LogP contribution in [0, 0.1) is 0 Å². The topological polar surface area (TPSA) is 93.0 Å². The normalized spacial score (nSPS) is 14.5. The molecule has 1 aromatic carbocycles. The van der Waals surface area contributed by atoms with Crippen molar-refractivity contribution >= 4 is 29.3 Å². The van der Waals surface area contributed by atoms with Crippen LogP contribution in [0.4, 0.5) is 5.69 Å². The molecule has 1 fully saturated rings. The van der Waals surface area contributed by atoms with Gasteiger partial charge in [0.1, 0.15) is 12.9 Å². The van der Waals surface area contributed by atoms with Crippen LogP contribution in [0.3, 0.4) is 0 Å². The zero-order valence-corrected chi connectivity index (χ0v) is 11.8. The van der Waals surface area contributed by atoms with Crippen molar-refractivity contribution in [2.75, 3.05) is 23.5 Å². The number of tetrazole rings is 1. The number of hydrogen-bond acceptors (Lipinski definition) is 6. The molecule has 2 heterocycles. The van der Waals surface area contributed by atoms with Gasteiger partial charge in [-0.2, -0.15) is 0 Å². The van der Waals surface area contributed by atoms with Crippen molar-refractivity contribution in [2.45, 2.75) is 0 Å². The quantitative estimate of drug-likeness (QED) is 0.863. The molecule has 1 aliphatic rings. The number of anilines is 1. The Morgan fingerprint density at radius 3 is 2.76 bits per heavy atom. The van der Waals surface area contributed by atoms with E-state index in [-0.39, 0.29) is 18.4 Å². The first kappa shape index (κ1) is 13.6. The zero-order valence-electron chi connectivity index (χ0n) is 11.0. The summed E-state index contributed by atoms with van der Waals surface area (Å²) in [7, 11) is 0. The Morgan fingerprint density at radius 2 is 2.14 bits per heavy atom. The molecule has 2 amide bonds. The molecule has 8 nitrogen and oxygen atoms in total. The van der Waals surface area contributed by atoms with Gasteiger partial charge >= 0.3 is 0 Å². The average Bonchev–Trinajstić information content (AvgIpc) is 3.12. The first-order valence-electron chi connectivity index (χ1n) is 6.21. The summed E-state index contributed by atoms with van der Waals surface area (Å²) in [4.78, 5) is 24.9. The number of nitrogens with zero attached hydrogens (tertiary/aromatic N) is 5. The molecule has 108 valence electrons. The van der Waals surface area contributed by atoms with Crippen molar-refractivity contribution in [3.05, 3.63) is 30.6 Å². The first-order chi connectivity index (χ1) is 10.2. The third-order valence-corrected chi connectivity index (χ3v) is 3.87. The molecular formula is C12H12N6O2S. The number of hydrogen-bond donors (Lipinski definition) is 1. The van der Waals surface area contributed by atoms with E-state index in [1.165, 1.54) is 27.7 Å². The number of rotatable bonds is 4. The van der Waals surface area contributed by atoms with Gasteiger partial charge in [-0.05, 0) is 34.7 Å². The molecule has 1 N–H and O–H groups in total. The second-order valence-corrected chi connectivity index (χ2v) is 5.37. The highest BCUT2D eigenvalue weighted by Gasteiger charge is 2.22. The van der Waals surface area contributed by atoms with Gasteiger partial charge in [0.15, 0.2) is 0 Å². The molecule has 3 rings (SSSR count). The van der Waals surface area contributed by atoms with Gasteiger partial charge in [-0.1, -0.05) is 0 Å². The molecule has 0 spiro atoms. The molecule has 0 bridgehead atoms.